The standard InChI is InChI=1S/C14H12IN3OS/c1-9-4-2-7-12(16-9)17-14(20)18-13(19)10-5-3-6-11(15)8-10/h2-8H,1H3,(H2,16,17,18,19,20). The second kappa shape index (κ2) is 6.76. The number of carbonyl (C=O) groups is 1. The Hall–Kier alpha value is -1.54. The number of hydrogen-bond acceptors (Lipinski definition) is 3. The van der Waals surface area contributed by atoms with E-state index in [1.54, 1.807) is 18.2 Å². The summed E-state index contributed by atoms with van der Waals surface area (Å²) in [4.78, 5) is 16.3. The summed E-state index contributed by atoms with van der Waals surface area (Å²) in [5.74, 6) is 0.367. The Morgan fingerprint density at radius 3 is 2.70 bits per heavy atom. The third-order valence-electron chi connectivity index (χ3n) is 2.44. The Kier molecular flexibility index (Phi) is 5.02. The molecule has 1 aromatic heterocycles. The monoisotopic (exact) mass is 397 g/mol. The van der Waals surface area contributed by atoms with Crippen molar-refractivity contribution in [3.8, 4) is 0 Å². The molecule has 0 spiro atoms. The second-order valence-corrected chi connectivity index (χ2v) is 5.74. The SMILES string of the molecule is Cc1cccc(NC(=S)NC(=O)c2cccc(I)c2)n1. The quantitative estimate of drug-likeness (QED) is 0.604. The summed E-state index contributed by atoms with van der Waals surface area (Å²) in [7, 11) is 0. The van der Waals surface area contributed by atoms with Gasteiger partial charge in [0.05, 0.1) is 0 Å². The van der Waals surface area contributed by atoms with E-state index < -0.39 is 0 Å². The Labute approximate surface area is 136 Å². The maximum Gasteiger partial charge on any atom is 0.257 e. The number of nitrogens with one attached hydrogen (secondary N) is 2. The van der Waals surface area contributed by atoms with Crippen molar-refractivity contribution in [3.63, 3.8) is 0 Å². The van der Waals surface area contributed by atoms with Gasteiger partial charge < -0.3 is 5.32 Å². The maximum atomic E-state index is 12.0. The Morgan fingerprint density at radius 2 is 2.00 bits per heavy atom. The van der Waals surface area contributed by atoms with Gasteiger partial charge in [-0.05, 0) is 72.1 Å². The summed E-state index contributed by atoms with van der Waals surface area (Å²) in [6.07, 6.45) is 0. The first kappa shape index (κ1) is 14.9. The Morgan fingerprint density at radius 1 is 1.25 bits per heavy atom. The van der Waals surface area contributed by atoms with Gasteiger partial charge in [0.15, 0.2) is 5.11 Å². The molecule has 0 aliphatic carbocycles. The molecule has 1 aromatic carbocycles. The molecule has 0 unspecified atom stereocenters. The van der Waals surface area contributed by atoms with Crippen LogP contribution in [0.2, 0.25) is 0 Å². The van der Waals surface area contributed by atoms with Crippen LogP contribution in [-0.2, 0) is 0 Å². The van der Waals surface area contributed by atoms with Crippen LogP contribution in [-0.4, -0.2) is 16.0 Å². The van der Waals surface area contributed by atoms with Crippen LogP contribution in [0.15, 0.2) is 42.5 Å². The van der Waals surface area contributed by atoms with Gasteiger partial charge in [-0.1, -0.05) is 12.1 Å². The fourth-order valence-corrected chi connectivity index (χ4v) is 2.31. The maximum absolute atomic E-state index is 12.0. The first-order chi connectivity index (χ1) is 9.54. The first-order valence-corrected chi connectivity index (χ1v) is 7.35. The predicted molar refractivity (Wildman–Crippen MR) is 91.8 cm³/mol. The number of anilines is 1. The second-order valence-electron chi connectivity index (χ2n) is 4.08. The van der Waals surface area contributed by atoms with E-state index in [-0.39, 0.29) is 11.0 Å². The van der Waals surface area contributed by atoms with Crippen LogP contribution in [0.25, 0.3) is 0 Å². The van der Waals surface area contributed by atoms with E-state index in [1.165, 1.54) is 0 Å². The summed E-state index contributed by atoms with van der Waals surface area (Å²) in [6.45, 7) is 1.89. The molecule has 2 N–H and O–H groups in total. The third-order valence-corrected chi connectivity index (χ3v) is 3.32. The van der Waals surface area contributed by atoms with Crippen molar-refractivity contribution in [1.29, 1.82) is 0 Å². The number of nitrogens with zero attached hydrogens (tertiary/aromatic N) is 1. The van der Waals surface area contributed by atoms with Gasteiger partial charge >= 0.3 is 0 Å². The van der Waals surface area contributed by atoms with Crippen molar-refractivity contribution >= 4 is 51.6 Å². The Balaban J connectivity index is 1.99. The number of aromatic nitrogens is 1. The van der Waals surface area contributed by atoms with Crippen LogP contribution >= 0.6 is 34.8 Å². The minimum absolute atomic E-state index is 0.229. The van der Waals surface area contributed by atoms with Crippen LogP contribution in [0, 0.1) is 10.5 Å². The number of benzene rings is 1. The number of carbonyl (C=O) groups excluding carboxylic acids is 1. The number of pyridine rings is 1. The van der Waals surface area contributed by atoms with E-state index >= 15 is 0 Å². The summed E-state index contributed by atoms with van der Waals surface area (Å²) in [5, 5.41) is 5.74. The van der Waals surface area contributed by atoms with Gasteiger partial charge in [0, 0.05) is 14.8 Å². The predicted octanol–water partition coefficient (Wildman–Crippen LogP) is 3.12. The lowest BCUT2D eigenvalue weighted by atomic mass is 10.2. The normalized spacial score (nSPS) is 9.90. The first-order valence-electron chi connectivity index (χ1n) is 5.86. The van der Waals surface area contributed by atoms with Crippen LogP contribution < -0.4 is 10.6 Å². The lowest BCUT2D eigenvalue weighted by molar-refractivity contribution is 0.0977. The molecule has 20 heavy (non-hydrogen) atoms. The molecule has 0 fully saturated rings. The van der Waals surface area contributed by atoms with Crippen LogP contribution in [0.4, 0.5) is 5.82 Å². The van der Waals surface area contributed by atoms with Crippen molar-refractivity contribution < 1.29 is 4.79 Å². The third kappa shape index (κ3) is 4.24. The van der Waals surface area contributed by atoms with Gasteiger partial charge in [0.2, 0.25) is 0 Å². The summed E-state index contributed by atoms with van der Waals surface area (Å²) in [6, 6.07) is 12.8. The number of aryl methyl sites for hydroxylation is 1. The molecular formula is C14H12IN3OS. The van der Waals surface area contributed by atoms with Crippen molar-refractivity contribution in [3.05, 3.63) is 57.3 Å². The van der Waals surface area contributed by atoms with Gasteiger partial charge in [0.1, 0.15) is 5.82 Å². The van der Waals surface area contributed by atoms with Gasteiger partial charge in [0.25, 0.3) is 5.91 Å². The van der Waals surface area contributed by atoms with E-state index in [0.29, 0.717) is 11.4 Å². The van der Waals surface area contributed by atoms with Crippen molar-refractivity contribution in [2.45, 2.75) is 6.92 Å². The zero-order chi connectivity index (χ0) is 14.5. The topological polar surface area (TPSA) is 54.0 Å². The fourth-order valence-electron chi connectivity index (χ4n) is 1.57. The lowest BCUT2D eigenvalue weighted by Gasteiger charge is -2.09. The van der Waals surface area contributed by atoms with Crippen molar-refractivity contribution in [1.82, 2.24) is 10.3 Å². The highest BCUT2D eigenvalue weighted by Crippen LogP contribution is 2.08. The number of rotatable bonds is 2. The van der Waals surface area contributed by atoms with Gasteiger partial charge in [-0.25, -0.2) is 4.98 Å². The highest BCUT2D eigenvalue weighted by atomic mass is 127. The minimum atomic E-state index is -0.242. The molecule has 0 aliphatic heterocycles. The molecule has 102 valence electrons. The van der Waals surface area contributed by atoms with Crippen molar-refractivity contribution in [2.75, 3.05) is 5.32 Å². The van der Waals surface area contributed by atoms with Crippen LogP contribution in [0.5, 0.6) is 0 Å². The zero-order valence-electron chi connectivity index (χ0n) is 10.7. The number of halogens is 1. The number of amides is 1. The van der Waals surface area contributed by atoms with E-state index in [9.17, 15) is 4.79 Å². The van der Waals surface area contributed by atoms with Crippen LogP contribution in [0.1, 0.15) is 16.1 Å². The zero-order valence-corrected chi connectivity index (χ0v) is 13.7. The molecule has 0 aliphatic rings. The van der Waals surface area contributed by atoms with Gasteiger partial charge in [-0.15, -0.1) is 0 Å². The summed E-state index contributed by atoms with van der Waals surface area (Å²) in [5.41, 5.74) is 1.44. The van der Waals surface area contributed by atoms with Gasteiger partial charge in [-0.2, -0.15) is 0 Å². The van der Waals surface area contributed by atoms with Crippen LogP contribution in [0.3, 0.4) is 0 Å². The summed E-state index contributed by atoms with van der Waals surface area (Å²) >= 11 is 7.26. The molecular weight excluding hydrogens is 385 g/mol. The Bertz CT molecular complexity index is 660. The molecule has 1 amide bonds. The molecule has 1 heterocycles. The average Bonchev–Trinajstić information content (AvgIpc) is 2.38. The van der Waals surface area contributed by atoms with E-state index in [1.807, 2.05) is 31.2 Å². The lowest BCUT2D eigenvalue weighted by Crippen LogP contribution is -2.34. The average molecular weight is 397 g/mol. The molecule has 4 nitrogen and oxygen atoms in total. The number of thiocarbonyl (C=S) groups is 1. The molecule has 6 heteroatoms. The number of hydrogen-bond donors (Lipinski definition) is 2. The molecule has 0 bridgehead atoms. The molecule has 2 rings (SSSR count). The smallest absolute Gasteiger partial charge is 0.257 e. The molecule has 0 saturated heterocycles. The highest BCUT2D eigenvalue weighted by Gasteiger charge is 2.08. The van der Waals surface area contributed by atoms with Crippen molar-refractivity contribution in [2.24, 2.45) is 0 Å². The minimum Gasteiger partial charge on any atom is -0.317 e. The molecule has 2 aromatic rings. The molecule has 0 saturated carbocycles. The highest BCUT2D eigenvalue weighted by molar-refractivity contribution is 14.1. The van der Waals surface area contributed by atoms with E-state index in [2.05, 4.69) is 38.2 Å². The fraction of sp³-hybridized carbons (Fsp3) is 0.0714. The van der Waals surface area contributed by atoms with E-state index in [0.717, 1.165) is 9.26 Å². The van der Waals surface area contributed by atoms with Gasteiger partial charge in [-0.3, -0.25) is 10.1 Å². The molecule has 0 atom stereocenters. The molecule has 0 radical (unpaired) electrons. The summed E-state index contributed by atoms with van der Waals surface area (Å²) < 4.78 is 0.995. The largest absolute Gasteiger partial charge is 0.317 e. The van der Waals surface area contributed by atoms with E-state index in [4.69, 9.17) is 12.2 Å².